The molecule has 2 aromatic carbocycles. The summed E-state index contributed by atoms with van der Waals surface area (Å²) < 4.78 is 7.37. The third-order valence-electron chi connectivity index (χ3n) is 6.63. The molecule has 2 heterocycles. The van der Waals surface area contributed by atoms with Gasteiger partial charge in [0.25, 0.3) is 0 Å². The number of aryl methyl sites for hydroxylation is 2. The summed E-state index contributed by atoms with van der Waals surface area (Å²) in [6.45, 7) is 5.84. The van der Waals surface area contributed by atoms with Crippen LogP contribution in [0.5, 0.6) is 5.75 Å². The number of aromatic nitrogens is 3. The van der Waals surface area contributed by atoms with Crippen LogP contribution in [0.4, 0.5) is 5.82 Å². The minimum atomic E-state index is 0.620. The van der Waals surface area contributed by atoms with Gasteiger partial charge in [0.05, 0.1) is 35.0 Å². The molecule has 5 rings (SSSR count). The van der Waals surface area contributed by atoms with Crippen LogP contribution in [-0.2, 0) is 19.4 Å². The molecule has 2 aromatic heterocycles. The smallest absolute Gasteiger partial charge is 0.165 e. The number of fused-ring (bicyclic) bond motifs is 2. The van der Waals surface area contributed by atoms with Crippen molar-refractivity contribution in [3.05, 3.63) is 75.6 Å². The number of ether oxygens (including phenoxy) is 1. The van der Waals surface area contributed by atoms with Crippen LogP contribution in [0.15, 0.2) is 42.5 Å². The molecule has 6 nitrogen and oxygen atoms in total. The van der Waals surface area contributed by atoms with Crippen molar-refractivity contribution in [2.45, 2.75) is 46.1 Å². The van der Waals surface area contributed by atoms with Gasteiger partial charge in [-0.15, -0.1) is 0 Å². The SMILES string of the molecule is CCCN(Cc1ccc(C#N)cc1)c1c2c(nc3c(-c4ccc(OC)cc4Cl)c(C)nn13)CCC2. The third kappa shape index (κ3) is 4.21. The van der Waals surface area contributed by atoms with E-state index in [0.29, 0.717) is 10.6 Å². The van der Waals surface area contributed by atoms with Crippen molar-refractivity contribution in [1.29, 1.82) is 5.26 Å². The highest BCUT2D eigenvalue weighted by Crippen LogP contribution is 2.39. The Morgan fingerprint density at radius 1 is 1.17 bits per heavy atom. The average Bonchev–Trinajstić information content (AvgIpc) is 3.46. The van der Waals surface area contributed by atoms with Crippen LogP contribution in [0.25, 0.3) is 16.8 Å². The van der Waals surface area contributed by atoms with Gasteiger partial charge >= 0.3 is 0 Å². The van der Waals surface area contributed by atoms with E-state index in [1.165, 1.54) is 5.56 Å². The molecule has 0 saturated carbocycles. The molecule has 0 unspecified atom stereocenters. The van der Waals surface area contributed by atoms with E-state index in [-0.39, 0.29) is 0 Å². The summed E-state index contributed by atoms with van der Waals surface area (Å²) in [7, 11) is 1.64. The summed E-state index contributed by atoms with van der Waals surface area (Å²) in [6, 6.07) is 15.8. The molecule has 0 bridgehead atoms. The van der Waals surface area contributed by atoms with Gasteiger partial charge < -0.3 is 9.64 Å². The fourth-order valence-corrected chi connectivity index (χ4v) is 5.28. The molecule has 0 N–H and O–H groups in total. The number of anilines is 1. The lowest BCUT2D eigenvalue weighted by molar-refractivity contribution is 0.415. The van der Waals surface area contributed by atoms with E-state index in [1.807, 2.05) is 53.9 Å². The fraction of sp³-hybridized carbons (Fsp3) is 0.321. The zero-order valence-corrected chi connectivity index (χ0v) is 21.1. The molecule has 0 fully saturated rings. The average molecular weight is 486 g/mol. The number of methoxy groups -OCH3 is 1. The van der Waals surface area contributed by atoms with Gasteiger partial charge in [0.15, 0.2) is 5.65 Å². The molecule has 35 heavy (non-hydrogen) atoms. The van der Waals surface area contributed by atoms with E-state index in [9.17, 15) is 5.26 Å². The molecule has 0 aliphatic heterocycles. The maximum absolute atomic E-state index is 9.17. The van der Waals surface area contributed by atoms with E-state index in [0.717, 1.165) is 84.1 Å². The summed E-state index contributed by atoms with van der Waals surface area (Å²) >= 11 is 6.70. The second kappa shape index (κ2) is 9.59. The van der Waals surface area contributed by atoms with E-state index in [4.69, 9.17) is 26.4 Å². The van der Waals surface area contributed by atoms with Crippen molar-refractivity contribution < 1.29 is 4.74 Å². The third-order valence-corrected chi connectivity index (χ3v) is 6.94. The highest BCUT2D eigenvalue weighted by atomic mass is 35.5. The number of nitrogens with zero attached hydrogens (tertiary/aromatic N) is 5. The Labute approximate surface area is 210 Å². The summed E-state index contributed by atoms with van der Waals surface area (Å²) in [5, 5.41) is 14.8. The van der Waals surface area contributed by atoms with Crippen LogP contribution in [0.3, 0.4) is 0 Å². The van der Waals surface area contributed by atoms with Gasteiger partial charge in [-0.3, -0.25) is 0 Å². The molecular formula is C28H28ClN5O. The summed E-state index contributed by atoms with van der Waals surface area (Å²) in [5.74, 6) is 1.84. The van der Waals surface area contributed by atoms with Crippen LogP contribution < -0.4 is 9.64 Å². The number of benzene rings is 2. The van der Waals surface area contributed by atoms with Crippen LogP contribution in [0, 0.1) is 18.3 Å². The summed E-state index contributed by atoms with van der Waals surface area (Å²) in [6.07, 6.45) is 4.07. The number of halogens is 1. The van der Waals surface area contributed by atoms with Crippen molar-refractivity contribution in [2.75, 3.05) is 18.6 Å². The largest absolute Gasteiger partial charge is 0.497 e. The van der Waals surface area contributed by atoms with Crippen molar-refractivity contribution >= 4 is 23.1 Å². The first kappa shape index (κ1) is 23.2. The molecule has 4 aromatic rings. The van der Waals surface area contributed by atoms with Crippen molar-refractivity contribution in [3.63, 3.8) is 0 Å². The van der Waals surface area contributed by atoms with Crippen molar-refractivity contribution in [2.24, 2.45) is 0 Å². The van der Waals surface area contributed by atoms with E-state index in [1.54, 1.807) is 7.11 Å². The predicted molar refractivity (Wildman–Crippen MR) is 139 cm³/mol. The first-order chi connectivity index (χ1) is 17.0. The number of hydrogen-bond donors (Lipinski definition) is 0. The molecule has 0 amide bonds. The molecule has 7 heteroatoms. The molecule has 0 atom stereocenters. The van der Waals surface area contributed by atoms with E-state index < -0.39 is 0 Å². The van der Waals surface area contributed by atoms with Gasteiger partial charge in [-0.25, -0.2) is 4.98 Å². The monoisotopic (exact) mass is 485 g/mol. The Morgan fingerprint density at radius 3 is 2.66 bits per heavy atom. The topological polar surface area (TPSA) is 66.5 Å². The van der Waals surface area contributed by atoms with Gasteiger partial charge in [-0.2, -0.15) is 14.9 Å². The second-order valence-corrected chi connectivity index (χ2v) is 9.39. The van der Waals surface area contributed by atoms with Crippen molar-refractivity contribution in [3.8, 4) is 22.9 Å². The van der Waals surface area contributed by atoms with Crippen molar-refractivity contribution in [1.82, 2.24) is 14.6 Å². The number of hydrogen-bond acceptors (Lipinski definition) is 5. The predicted octanol–water partition coefficient (Wildman–Crippen LogP) is 6.14. The molecule has 1 aliphatic carbocycles. The zero-order chi connectivity index (χ0) is 24.5. The highest BCUT2D eigenvalue weighted by Gasteiger charge is 2.27. The highest BCUT2D eigenvalue weighted by molar-refractivity contribution is 6.33. The number of nitriles is 1. The second-order valence-electron chi connectivity index (χ2n) is 8.99. The lowest BCUT2D eigenvalue weighted by Gasteiger charge is -2.27. The molecular weight excluding hydrogens is 458 g/mol. The lowest BCUT2D eigenvalue weighted by atomic mass is 10.1. The van der Waals surface area contributed by atoms with Gasteiger partial charge in [0.2, 0.25) is 0 Å². The van der Waals surface area contributed by atoms with Crippen LogP contribution in [0.2, 0.25) is 5.02 Å². The fourth-order valence-electron chi connectivity index (χ4n) is 5.01. The van der Waals surface area contributed by atoms with Gasteiger partial charge in [0, 0.05) is 29.9 Å². The normalized spacial score (nSPS) is 12.5. The Hall–Kier alpha value is -3.56. The van der Waals surface area contributed by atoms with Gasteiger partial charge in [-0.1, -0.05) is 30.7 Å². The van der Waals surface area contributed by atoms with E-state index >= 15 is 0 Å². The Morgan fingerprint density at radius 2 is 1.97 bits per heavy atom. The molecule has 0 saturated heterocycles. The van der Waals surface area contributed by atoms with Crippen LogP contribution in [-0.4, -0.2) is 28.3 Å². The Balaban J connectivity index is 1.68. The van der Waals surface area contributed by atoms with Gasteiger partial charge in [0.1, 0.15) is 11.6 Å². The number of rotatable bonds is 7. The standard InChI is InChI=1S/C28H28ClN5O/c1-4-14-33(17-20-10-8-19(16-30)9-11-20)28-23-6-5-7-25(23)31-27-26(18(2)32-34(27)28)22-13-12-21(35-3)15-24(22)29/h8-13,15H,4-7,14,17H2,1-3H3. The first-order valence-corrected chi connectivity index (χ1v) is 12.4. The first-order valence-electron chi connectivity index (χ1n) is 12.0. The summed E-state index contributed by atoms with van der Waals surface area (Å²) in [5.41, 5.74) is 7.88. The quantitative estimate of drug-likeness (QED) is 0.314. The molecule has 178 valence electrons. The molecule has 1 aliphatic rings. The Bertz CT molecular complexity index is 1430. The maximum atomic E-state index is 9.17. The van der Waals surface area contributed by atoms with Crippen LogP contribution >= 0.6 is 11.6 Å². The Kier molecular flexibility index (Phi) is 6.36. The summed E-state index contributed by atoms with van der Waals surface area (Å²) in [4.78, 5) is 7.53. The molecule has 0 spiro atoms. The maximum Gasteiger partial charge on any atom is 0.165 e. The molecule has 0 radical (unpaired) electrons. The lowest BCUT2D eigenvalue weighted by Crippen LogP contribution is -2.27. The zero-order valence-electron chi connectivity index (χ0n) is 20.3. The van der Waals surface area contributed by atoms with E-state index in [2.05, 4.69) is 17.9 Å². The van der Waals surface area contributed by atoms with Crippen LogP contribution in [0.1, 0.15) is 47.8 Å². The minimum absolute atomic E-state index is 0.620. The van der Waals surface area contributed by atoms with Gasteiger partial charge in [-0.05, 0) is 68.5 Å². The minimum Gasteiger partial charge on any atom is -0.497 e.